The van der Waals surface area contributed by atoms with E-state index in [4.69, 9.17) is 9.26 Å². The molecule has 9 nitrogen and oxygen atoms in total. The van der Waals surface area contributed by atoms with Crippen molar-refractivity contribution < 1.29 is 32.8 Å². The maximum Gasteiger partial charge on any atom is 0.242 e. The van der Waals surface area contributed by atoms with E-state index in [1.807, 2.05) is 6.92 Å². The number of piperidine rings is 1. The Morgan fingerprint density at radius 3 is 2.77 bits per heavy atom. The molecule has 1 spiro atoms. The standard InChI is InChI=1S/C25H26FN3O6/c1-11-10-29-21-14(9-25(23(29)12(2)34-11)17(31)8-18(32)27-24(25)33)7-15-20(28-35-22(15)19(21)26)16(30)6-5-13-3-4-13/h7,11-13,23H,3-6,8-10H2,1-2H3,(H,27,32,33)/t11-,12+,23-,25?/m1/s1. The van der Waals surface area contributed by atoms with Gasteiger partial charge in [-0.3, -0.25) is 24.5 Å². The second-order valence-corrected chi connectivity index (χ2v) is 10.4. The van der Waals surface area contributed by atoms with Gasteiger partial charge in [-0.25, -0.2) is 4.39 Å². The minimum Gasteiger partial charge on any atom is -0.372 e. The van der Waals surface area contributed by atoms with Gasteiger partial charge in [-0.15, -0.1) is 0 Å². The number of nitrogens with one attached hydrogen (secondary N) is 1. The zero-order chi connectivity index (χ0) is 24.6. The summed E-state index contributed by atoms with van der Waals surface area (Å²) < 4.78 is 27.3. The molecule has 4 atom stereocenters. The number of carbonyl (C=O) groups excluding carboxylic acids is 4. The lowest BCUT2D eigenvalue weighted by Crippen LogP contribution is -2.72. The summed E-state index contributed by atoms with van der Waals surface area (Å²) in [5.74, 6) is -2.19. The van der Waals surface area contributed by atoms with Crippen LogP contribution in [0.25, 0.3) is 11.0 Å². The summed E-state index contributed by atoms with van der Waals surface area (Å²) in [4.78, 5) is 53.2. The van der Waals surface area contributed by atoms with Crippen LogP contribution >= 0.6 is 0 Å². The molecule has 1 aromatic carbocycles. The van der Waals surface area contributed by atoms with Gasteiger partial charge in [0.05, 0.1) is 35.7 Å². The zero-order valence-electron chi connectivity index (χ0n) is 19.6. The van der Waals surface area contributed by atoms with Crippen LogP contribution in [0.3, 0.4) is 0 Å². The summed E-state index contributed by atoms with van der Waals surface area (Å²) in [6, 6.07) is 0.815. The molecule has 1 unspecified atom stereocenters. The Kier molecular flexibility index (Phi) is 4.90. The summed E-state index contributed by atoms with van der Waals surface area (Å²) in [6.45, 7) is 3.82. The van der Waals surface area contributed by atoms with E-state index in [9.17, 15) is 19.2 Å². The Labute approximate surface area is 200 Å². The SMILES string of the molecule is C[C@@H]1CN2c3c(cc4c(C(=O)CCC5CC5)noc4c3F)CC3(C(=O)CC(=O)NC3=O)[C@H]2[C@H](C)O1. The molecule has 2 amide bonds. The number of fused-ring (bicyclic) bond motifs is 5. The largest absolute Gasteiger partial charge is 0.372 e. The molecule has 2 saturated heterocycles. The van der Waals surface area contributed by atoms with Crippen molar-refractivity contribution in [3.8, 4) is 0 Å². The molecule has 10 heteroatoms. The predicted octanol–water partition coefficient (Wildman–Crippen LogP) is 2.48. The first kappa shape index (κ1) is 22.3. The third-order valence-corrected chi connectivity index (χ3v) is 7.92. The second-order valence-electron chi connectivity index (χ2n) is 10.4. The molecule has 0 bridgehead atoms. The van der Waals surface area contributed by atoms with Crippen LogP contribution in [0.5, 0.6) is 0 Å². The number of imide groups is 1. The minimum atomic E-state index is -1.62. The highest BCUT2D eigenvalue weighted by atomic mass is 19.1. The van der Waals surface area contributed by atoms with Crippen molar-refractivity contribution >= 4 is 40.0 Å². The van der Waals surface area contributed by atoms with Crippen molar-refractivity contribution in [3.63, 3.8) is 0 Å². The van der Waals surface area contributed by atoms with Crippen LogP contribution in [0.15, 0.2) is 10.6 Å². The van der Waals surface area contributed by atoms with Gasteiger partial charge in [0, 0.05) is 13.0 Å². The van der Waals surface area contributed by atoms with Gasteiger partial charge in [0.15, 0.2) is 23.1 Å². The number of ether oxygens (including phenoxy) is 1. The lowest BCUT2D eigenvalue weighted by molar-refractivity contribution is -0.158. The minimum absolute atomic E-state index is 0.0665. The van der Waals surface area contributed by atoms with Gasteiger partial charge in [-0.05, 0) is 44.2 Å². The molecule has 1 aliphatic carbocycles. The molecule has 1 N–H and O–H groups in total. The summed E-state index contributed by atoms with van der Waals surface area (Å²) in [5, 5.41) is 6.46. The van der Waals surface area contributed by atoms with E-state index >= 15 is 4.39 Å². The third-order valence-electron chi connectivity index (χ3n) is 7.92. The number of anilines is 1. The quantitative estimate of drug-likeness (QED) is 0.400. The predicted molar refractivity (Wildman–Crippen MR) is 120 cm³/mol. The number of carbonyl (C=O) groups is 4. The van der Waals surface area contributed by atoms with E-state index in [2.05, 4.69) is 10.5 Å². The molecule has 0 radical (unpaired) electrons. The van der Waals surface area contributed by atoms with E-state index in [0.717, 1.165) is 19.3 Å². The molecule has 184 valence electrons. The number of aromatic nitrogens is 1. The van der Waals surface area contributed by atoms with E-state index in [0.29, 0.717) is 17.9 Å². The lowest BCUT2D eigenvalue weighted by atomic mass is 9.63. The molecular weight excluding hydrogens is 457 g/mol. The van der Waals surface area contributed by atoms with Gasteiger partial charge in [-0.2, -0.15) is 0 Å². The number of Topliss-reactive ketones (excluding diaryl/α,β-unsaturated/α-hetero) is 2. The van der Waals surface area contributed by atoms with E-state index < -0.39 is 47.4 Å². The molecule has 4 aliphatic rings. The third kappa shape index (κ3) is 3.26. The number of hydrogen-bond acceptors (Lipinski definition) is 8. The summed E-state index contributed by atoms with van der Waals surface area (Å²) >= 11 is 0. The lowest BCUT2D eigenvalue weighted by Gasteiger charge is -2.55. The number of amides is 2. The molecule has 6 rings (SSSR count). The normalized spacial score (nSPS) is 30.4. The first-order valence-corrected chi connectivity index (χ1v) is 12.1. The number of morpholine rings is 1. The van der Waals surface area contributed by atoms with Gasteiger partial charge >= 0.3 is 0 Å². The molecule has 4 heterocycles. The molecule has 2 aromatic rings. The smallest absolute Gasteiger partial charge is 0.242 e. The zero-order valence-corrected chi connectivity index (χ0v) is 19.6. The van der Waals surface area contributed by atoms with Crippen molar-refractivity contribution in [2.24, 2.45) is 11.3 Å². The van der Waals surface area contributed by atoms with Gasteiger partial charge in [-0.1, -0.05) is 18.0 Å². The Morgan fingerprint density at radius 2 is 2.06 bits per heavy atom. The Balaban J connectivity index is 1.51. The average Bonchev–Trinajstić information content (AvgIpc) is 3.52. The number of halogens is 1. The van der Waals surface area contributed by atoms with Gasteiger partial charge in [0.1, 0.15) is 5.41 Å². The fraction of sp³-hybridized carbons (Fsp3) is 0.560. The first-order valence-electron chi connectivity index (χ1n) is 12.1. The number of ketones is 2. The van der Waals surface area contributed by atoms with Crippen LogP contribution in [-0.4, -0.2) is 53.3 Å². The van der Waals surface area contributed by atoms with Gasteiger partial charge in [0.25, 0.3) is 0 Å². The van der Waals surface area contributed by atoms with Crippen molar-refractivity contribution in [2.45, 2.75) is 70.6 Å². The van der Waals surface area contributed by atoms with E-state index in [1.54, 1.807) is 17.9 Å². The van der Waals surface area contributed by atoms with Crippen LogP contribution < -0.4 is 10.2 Å². The number of hydrogen-bond donors (Lipinski definition) is 1. The van der Waals surface area contributed by atoms with Crippen LogP contribution in [0.4, 0.5) is 10.1 Å². The van der Waals surface area contributed by atoms with Gasteiger partial charge in [0.2, 0.25) is 17.4 Å². The van der Waals surface area contributed by atoms with E-state index in [1.165, 1.54) is 0 Å². The van der Waals surface area contributed by atoms with Crippen LogP contribution in [0.2, 0.25) is 0 Å². The fourth-order valence-corrected chi connectivity index (χ4v) is 6.21. The molecule has 1 aromatic heterocycles. The Morgan fingerprint density at radius 1 is 1.29 bits per heavy atom. The summed E-state index contributed by atoms with van der Waals surface area (Å²) in [5.41, 5.74) is -1.04. The maximum absolute atomic E-state index is 16.0. The number of rotatable bonds is 4. The highest BCUT2D eigenvalue weighted by Crippen LogP contribution is 2.50. The number of nitrogens with zero attached hydrogens (tertiary/aromatic N) is 2. The fourth-order valence-electron chi connectivity index (χ4n) is 6.21. The van der Waals surface area contributed by atoms with Gasteiger partial charge < -0.3 is 14.2 Å². The second kappa shape index (κ2) is 7.68. The molecular formula is C25H26FN3O6. The maximum atomic E-state index is 16.0. The molecule has 35 heavy (non-hydrogen) atoms. The topological polar surface area (TPSA) is 119 Å². The van der Waals surface area contributed by atoms with Crippen LogP contribution in [0, 0.1) is 17.2 Å². The molecule has 3 fully saturated rings. The highest BCUT2D eigenvalue weighted by molar-refractivity contribution is 6.22. The Bertz CT molecular complexity index is 1280. The average molecular weight is 483 g/mol. The Hall–Kier alpha value is -3.14. The summed E-state index contributed by atoms with van der Waals surface area (Å²) in [6.07, 6.45) is 1.88. The van der Waals surface area contributed by atoms with Crippen molar-refractivity contribution in [1.82, 2.24) is 10.5 Å². The van der Waals surface area contributed by atoms with Crippen LogP contribution in [-0.2, 0) is 25.5 Å². The van der Waals surface area contributed by atoms with Crippen molar-refractivity contribution in [1.29, 1.82) is 0 Å². The molecule has 3 aliphatic heterocycles. The first-order chi connectivity index (χ1) is 16.7. The monoisotopic (exact) mass is 483 g/mol. The van der Waals surface area contributed by atoms with Crippen LogP contribution in [0.1, 0.15) is 62.0 Å². The number of benzene rings is 1. The van der Waals surface area contributed by atoms with Crippen molar-refractivity contribution in [2.75, 3.05) is 11.4 Å². The molecule has 1 saturated carbocycles. The highest BCUT2D eigenvalue weighted by Gasteiger charge is 2.62. The summed E-state index contributed by atoms with van der Waals surface area (Å²) in [7, 11) is 0. The van der Waals surface area contributed by atoms with Crippen molar-refractivity contribution in [3.05, 3.63) is 23.1 Å². The van der Waals surface area contributed by atoms with E-state index in [-0.39, 0.29) is 47.2 Å².